The monoisotopic (exact) mass is 346 g/mol. The molecule has 0 saturated carbocycles. The van der Waals surface area contributed by atoms with Crippen molar-refractivity contribution < 1.29 is 4.79 Å². The van der Waals surface area contributed by atoms with Crippen molar-refractivity contribution >= 4 is 34.2 Å². The van der Waals surface area contributed by atoms with Gasteiger partial charge in [0.25, 0.3) is 0 Å². The Bertz CT molecular complexity index is 377. The average Bonchev–Trinajstić information content (AvgIpc) is 2.30. The summed E-state index contributed by atoms with van der Waals surface area (Å²) in [5.41, 5.74) is 0.991. The molecule has 0 bridgehead atoms. The summed E-state index contributed by atoms with van der Waals surface area (Å²) in [6.07, 6.45) is 0. The summed E-state index contributed by atoms with van der Waals surface area (Å²) in [5.74, 6) is 0.147. The van der Waals surface area contributed by atoms with Gasteiger partial charge in [0.1, 0.15) is 6.04 Å². The molecule has 0 aromatic heterocycles. The molecular weight excluding hydrogens is 327 g/mol. The molecule has 0 aliphatic rings. The van der Waals surface area contributed by atoms with E-state index in [1.165, 1.54) is 0 Å². The van der Waals surface area contributed by atoms with Gasteiger partial charge in [-0.2, -0.15) is 0 Å². The molecule has 1 aromatic rings. The van der Waals surface area contributed by atoms with Crippen LogP contribution in [0.25, 0.3) is 0 Å². The lowest BCUT2D eigenvalue weighted by Gasteiger charge is -2.24. The fourth-order valence-electron chi connectivity index (χ4n) is 1.70. The van der Waals surface area contributed by atoms with Crippen molar-refractivity contribution in [1.82, 2.24) is 4.90 Å². The Morgan fingerprint density at radius 3 is 2.59 bits per heavy atom. The van der Waals surface area contributed by atoms with E-state index >= 15 is 0 Å². The van der Waals surface area contributed by atoms with Crippen LogP contribution in [-0.2, 0) is 4.79 Å². The van der Waals surface area contributed by atoms with E-state index in [1.807, 2.05) is 49.9 Å². The Morgan fingerprint density at radius 1 is 1.41 bits per heavy atom. The van der Waals surface area contributed by atoms with Gasteiger partial charge in [-0.25, -0.2) is 0 Å². The van der Waals surface area contributed by atoms with Crippen LogP contribution in [0.4, 0.5) is 5.69 Å². The second-order valence-electron chi connectivity index (χ2n) is 3.89. The largest absolute Gasteiger partial charge is 0.374 e. The van der Waals surface area contributed by atoms with Gasteiger partial charge in [0.05, 0.1) is 0 Å². The summed E-state index contributed by atoms with van der Waals surface area (Å²) < 4.78 is 1.16. The number of carbonyl (C=O) groups is 1. The fourth-order valence-corrected chi connectivity index (χ4v) is 2.24. The first kappa shape index (κ1) is 14.3. The topological polar surface area (TPSA) is 32.3 Å². The Kier molecular flexibility index (Phi) is 5.74. The number of rotatable bonds is 5. The Labute approximate surface area is 117 Å². The van der Waals surface area contributed by atoms with Crippen molar-refractivity contribution in [2.45, 2.75) is 26.8 Å². The van der Waals surface area contributed by atoms with Crippen molar-refractivity contribution in [3.05, 3.63) is 27.8 Å². The number of nitrogens with zero attached hydrogens (tertiary/aromatic N) is 1. The van der Waals surface area contributed by atoms with E-state index in [1.54, 1.807) is 0 Å². The number of halogens is 1. The van der Waals surface area contributed by atoms with Gasteiger partial charge in [-0.1, -0.05) is 6.07 Å². The quantitative estimate of drug-likeness (QED) is 0.832. The zero-order chi connectivity index (χ0) is 12.8. The number of anilines is 1. The third-order valence-corrected chi connectivity index (χ3v) is 3.32. The lowest BCUT2D eigenvalue weighted by Crippen LogP contribution is -2.41. The lowest BCUT2D eigenvalue weighted by atomic mass is 10.2. The minimum atomic E-state index is -0.187. The number of carbonyl (C=O) groups excluding carboxylic acids is 1. The summed E-state index contributed by atoms with van der Waals surface area (Å²) in [6.45, 7) is 7.42. The standard InChI is InChI=1S/C13H19IN2O/c1-4-16(5-2)13(17)10(3)15-12-8-6-7-11(14)9-12/h6-10,15H,4-5H2,1-3H3. The van der Waals surface area contributed by atoms with E-state index in [9.17, 15) is 4.79 Å². The van der Waals surface area contributed by atoms with E-state index in [2.05, 4.69) is 27.9 Å². The molecule has 1 rings (SSSR count). The minimum Gasteiger partial charge on any atom is -0.374 e. The Balaban J connectivity index is 2.65. The predicted octanol–water partition coefficient (Wildman–Crippen LogP) is 2.96. The molecule has 94 valence electrons. The maximum absolute atomic E-state index is 12.1. The van der Waals surface area contributed by atoms with Gasteiger partial charge in [0.2, 0.25) is 5.91 Å². The van der Waals surface area contributed by atoms with Gasteiger partial charge in [-0.3, -0.25) is 4.79 Å². The van der Waals surface area contributed by atoms with Crippen molar-refractivity contribution in [3.8, 4) is 0 Å². The van der Waals surface area contributed by atoms with Crippen LogP contribution in [0.1, 0.15) is 20.8 Å². The third-order valence-electron chi connectivity index (χ3n) is 2.65. The predicted molar refractivity (Wildman–Crippen MR) is 80.2 cm³/mol. The molecule has 1 atom stereocenters. The van der Waals surface area contributed by atoms with Crippen LogP contribution in [-0.4, -0.2) is 29.9 Å². The summed E-state index contributed by atoms with van der Waals surface area (Å²) in [6, 6.07) is 7.84. The zero-order valence-electron chi connectivity index (χ0n) is 10.5. The molecule has 1 aromatic carbocycles. The molecule has 0 aliphatic heterocycles. The second kappa shape index (κ2) is 6.83. The van der Waals surface area contributed by atoms with Crippen LogP contribution < -0.4 is 5.32 Å². The van der Waals surface area contributed by atoms with Crippen molar-refractivity contribution in [2.24, 2.45) is 0 Å². The number of hydrogen-bond donors (Lipinski definition) is 1. The van der Waals surface area contributed by atoms with Crippen LogP contribution in [0.2, 0.25) is 0 Å². The average molecular weight is 346 g/mol. The van der Waals surface area contributed by atoms with Gasteiger partial charge in [0.15, 0.2) is 0 Å². The van der Waals surface area contributed by atoms with E-state index in [4.69, 9.17) is 0 Å². The highest BCUT2D eigenvalue weighted by atomic mass is 127. The molecule has 0 heterocycles. The molecule has 0 radical (unpaired) electrons. The van der Waals surface area contributed by atoms with E-state index in [0.717, 1.165) is 22.3 Å². The third kappa shape index (κ3) is 4.18. The van der Waals surface area contributed by atoms with Crippen molar-refractivity contribution in [2.75, 3.05) is 18.4 Å². The number of amides is 1. The highest BCUT2D eigenvalue weighted by Crippen LogP contribution is 2.14. The van der Waals surface area contributed by atoms with Gasteiger partial charge in [-0.05, 0) is 61.6 Å². The van der Waals surface area contributed by atoms with Crippen LogP contribution in [0.15, 0.2) is 24.3 Å². The Hall–Kier alpha value is -0.780. The maximum Gasteiger partial charge on any atom is 0.244 e. The first-order valence-electron chi connectivity index (χ1n) is 5.89. The van der Waals surface area contributed by atoms with Crippen LogP contribution in [0.3, 0.4) is 0 Å². The molecule has 3 nitrogen and oxygen atoms in total. The summed E-state index contributed by atoms with van der Waals surface area (Å²) in [7, 11) is 0. The van der Waals surface area contributed by atoms with E-state index in [0.29, 0.717) is 0 Å². The molecule has 1 N–H and O–H groups in total. The van der Waals surface area contributed by atoms with Crippen molar-refractivity contribution in [3.63, 3.8) is 0 Å². The van der Waals surface area contributed by atoms with Crippen LogP contribution in [0.5, 0.6) is 0 Å². The number of likely N-dealkylation sites (N-methyl/N-ethyl adjacent to an activating group) is 1. The molecule has 17 heavy (non-hydrogen) atoms. The molecule has 4 heteroatoms. The minimum absolute atomic E-state index is 0.147. The molecule has 0 saturated heterocycles. The smallest absolute Gasteiger partial charge is 0.244 e. The summed E-state index contributed by atoms with van der Waals surface area (Å²) >= 11 is 2.26. The van der Waals surface area contributed by atoms with E-state index in [-0.39, 0.29) is 11.9 Å². The Morgan fingerprint density at radius 2 is 2.06 bits per heavy atom. The van der Waals surface area contributed by atoms with Crippen LogP contribution >= 0.6 is 22.6 Å². The van der Waals surface area contributed by atoms with Crippen molar-refractivity contribution in [1.29, 1.82) is 0 Å². The highest BCUT2D eigenvalue weighted by molar-refractivity contribution is 14.1. The second-order valence-corrected chi connectivity index (χ2v) is 5.13. The molecular formula is C13H19IN2O. The molecule has 0 aliphatic carbocycles. The molecule has 1 unspecified atom stereocenters. The highest BCUT2D eigenvalue weighted by Gasteiger charge is 2.17. The van der Waals surface area contributed by atoms with Gasteiger partial charge in [0, 0.05) is 22.3 Å². The fraction of sp³-hybridized carbons (Fsp3) is 0.462. The number of nitrogens with one attached hydrogen (secondary N) is 1. The summed E-state index contributed by atoms with van der Waals surface area (Å²) in [5, 5.41) is 3.24. The normalized spacial score (nSPS) is 12.0. The molecule has 0 fully saturated rings. The van der Waals surface area contributed by atoms with Gasteiger partial charge in [-0.15, -0.1) is 0 Å². The maximum atomic E-state index is 12.1. The lowest BCUT2D eigenvalue weighted by molar-refractivity contribution is -0.131. The number of benzene rings is 1. The first-order valence-corrected chi connectivity index (χ1v) is 6.97. The summed E-state index contributed by atoms with van der Waals surface area (Å²) in [4.78, 5) is 13.9. The SMILES string of the molecule is CCN(CC)C(=O)C(C)Nc1cccc(I)c1. The molecule has 0 spiro atoms. The van der Waals surface area contributed by atoms with Crippen LogP contribution in [0, 0.1) is 3.57 Å². The first-order chi connectivity index (χ1) is 8.08. The van der Waals surface area contributed by atoms with E-state index < -0.39 is 0 Å². The zero-order valence-corrected chi connectivity index (χ0v) is 12.7. The van der Waals surface area contributed by atoms with Gasteiger partial charge >= 0.3 is 0 Å². The molecule has 1 amide bonds. The number of hydrogen-bond acceptors (Lipinski definition) is 2. The van der Waals surface area contributed by atoms with Gasteiger partial charge < -0.3 is 10.2 Å².